The van der Waals surface area contributed by atoms with Crippen LogP contribution in [-0.4, -0.2) is 25.7 Å². The Morgan fingerprint density at radius 2 is 1.64 bits per heavy atom. The minimum atomic E-state index is -1.19. The van der Waals surface area contributed by atoms with Crippen LogP contribution in [0.2, 0.25) is 0 Å². The average molecular weight is 345 g/mol. The summed E-state index contributed by atoms with van der Waals surface area (Å²) < 4.78 is 11.7. The molecule has 1 fully saturated rings. The highest BCUT2D eigenvalue weighted by atomic mass is 16.7. The minimum absolute atomic E-state index is 0.0420. The van der Waals surface area contributed by atoms with Crippen molar-refractivity contribution in [2.45, 2.75) is 71.5 Å². The summed E-state index contributed by atoms with van der Waals surface area (Å²) in [5.41, 5.74) is 4.17. The van der Waals surface area contributed by atoms with Crippen molar-refractivity contribution in [3.63, 3.8) is 0 Å². The van der Waals surface area contributed by atoms with E-state index in [0.717, 1.165) is 35.3 Å². The third kappa shape index (κ3) is 3.47. The number of nitrogens with zero attached hydrogens (tertiary/aromatic N) is 1. The number of unbranched alkanes of at least 4 members (excludes halogenated alkanes) is 6. The molecule has 2 aliphatic heterocycles. The minimum Gasteiger partial charge on any atom is -0.336 e. The number of aryl methyl sites for hydroxylation is 2. The second-order valence-corrected chi connectivity index (χ2v) is 7.37. The number of carbonyl (C=O) groups is 1. The number of benzene rings is 1. The first-order valence-corrected chi connectivity index (χ1v) is 9.81. The summed E-state index contributed by atoms with van der Waals surface area (Å²) in [4.78, 5) is 15.0. The topological polar surface area (TPSA) is 38.8 Å². The largest absolute Gasteiger partial charge is 0.336 e. The molecule has 1 aromatic rings. The van der Waals surface area contributed by atoms with Gasteiger partial charge in [-0.1, -0.05) is 57.1 Å². The van der Waals surface area contributed by atoms with E-state index in [2.05, 4.69) is 32.9 Å². The van der Waals surface area contributed by atoms with Gasteiger partial charge < -0.3 is 14.4 Å². The van der Waals surface area contributed by atoms with Crippen molar-refractivity contribution in [1.29, 1.82) is 0 Å². The molecule has 2 heterocycles. The maximum Gasteiger partial charge on any atom is 0.292 e. The van der Waals surface area contributed by atoms with Crippen molar-refractivity contribution in [2.24, 2.45) is 0 Å². The Hall–Kier alpha value is -1.39. The third-order valence-electron chi connectivity index (χ3n) is 5.28. The predicted molar refractivity (Wildman–Crippen MR) is 99.8 cm³/mol. The van der Waals surface area contributed by atoms with Gasteiger partial charge in [0.25, 0.3) is 11.7 Å². The second kappa shape index (κ2) is 7.88. The Balaban J connectivity index is 1.70. The van der Waals surface area contributed by atoms with E-state index in [-0.39, 0.29) is 5.91 Å². The normalized spacial score (nSPS) is 18.4. The highest BCUT2D eigenvalue weighted by Gasteiger charge is 2.56. The first-order chi connectivity index (χ1) is 12.1. The fourth-order valence-electron chi connectivity index (χ4n) is 4.10. The zero-order valence-corrected chi connectivity index (χ0v) is 15.9. The van der Waals surface area contributed by atoms with Crippen molar-refractivity contribution in [3.05, 3.63) is 28.8 Å². The molecular weight excluding hydrogens is 314 g/mol. The quantitative estimate of drug-likeness (QED) is 0.646. The van der Waals surface area contributed by atoms with Gasteiger partial charge in [-0.05, 0) is 31.9 Å². The van der Waals surface area contributed by atoms with Gasteiger partial charge in [-0.2, -0.15) is 0 Å². The fraction of sp³-hybridized carbons (Fsp3) is 0.667. The van der Waals surface area contributed by atoms with Crippen LogP contribution < -0.4 is 4.90 Å². The molecule has 25 heavy (non-hydrogen) atoms. The average Bonchev–Trinajstić information content (AvgIpc) is 3.15. The molecule has 4 heteroatoms. The SMILES string of the molecule is CCCCCCCCCN1C(=O)C2(OCCO2)c2cc(C)cc(C)c21. The molecule has 138 valence electrons. The highest BCUT2D eigenvalue weighted by Crippen LogP contribution is 2.47. The third-order valence-corrected chi connectivity index (χ3v) is 5.28. The number of ether oxygens (including phenoxy) is 2. The van der Waals surface area contributed by atoms with Gasteiger partial charge >= 0.3 is 0 Å². The standard InChI is InChI=1S/C21H31NO3/c1-4-5-6-7-8-9-10-11-22-19-17(3)14-16(2)15-18(19)21(20(22)23)24-12-13-25-21/h14-15H,4-13H2,1-3H3. The van der Waals surface area contributed by atoms with Crippen molar-refractivity contribution >= 4 is 11.6 Å². The molecule has 1 amide bonds. The summed E-state index contributed by atoms with van der Waals surface area (Å²) in [6.07, 6.45) is 8.68. The second-order valence-electron chi connectivity index (χ2n) is 7.37. The van der Waals surface area contributed by atoms with E-state index in [9.17, 15) is 4.79 Å². The molecule has 0 atom stereocenters. The van der Waals surface area contributed by atoms with E-state index in [0.29, 0.717) is 13.2 Å². The number of fused-ring (bicyclic) bond motifs is 2. The smallest absolute Gasteiger partial charge is 0.292 e. The van der Waals surface area contributed by atoms with Gasteiger partial charge in [-0.3, -0.25) is 4.79 Å². The van der Waals surface area contributed by atoms with Crippen LogP contribution >= 0.6 is 0 Å². The predicted octanol–water partition coefficient (Wildman–Crippen LogP) is 4.60. The summed E-state index contributed by atoms with van der Waals surface area (Å²) in [6, 6.07) is 4.19. The molecule has 0 aromatic heterocycles. The molecule has 0 radical (unpaired) electrons. The van der Waals surface area contributed by atoms with Crippen molar-refractivity contribution in [3.8, 4) is 0 Å². The van der Waals surface area contributed by atoms with Crippen LogP contribution in [0.25, 0.3) is 0 Å². The Labute approximate surface area is 151 Å². The number of amides is 1. The first kappa shape index (κ1) is 18.4. The van der Waals surface area contributed by atoms with Crippen LogP contribution in [0.4, 0.5) is 5.69 Å². The molecule has 0 bridgehead atoms. The van der Waals surface area contributed by atoms with Gasteiger partial charge in [0.05, 0.1) is 18.9 Å². The van der Waals surface area contributed by atoms with Crippen LogP contribution in [0.15, 0.2) is 12.1 Å². The molecule has 3 rings (SSSR count). The summed E-state index contributed by atoms with van der Waals surface area (Å²) in [5.74, 6) is -1.23. The lowest BCUT2D eigenvalue weighted by molar-refractivity contribution is -0.180. The monoisotopic (exact) mass is 345 g/mol. The molecular formula is C21H31NO3. The molecule has 4 nitrogen and oxygen atoms in total. The first-order valence-electron chi connectivity index (χ1n) is 9.81. The van der Waals surface area contributed by atoms with Crippen LogP contribution in [-0.2, 0) is 20.1 Å². The Kier molecular flexibility index (Phi) is 5.80. The lowest BCUT2D eigenvalue weighted by Gasteiger charge is -2.22. The zero-order valence-electron chi connectivity index (χ0n) is 15.9. The van der Waals surface area contributed by atoms with E-state index in [1.165, 1.54) is 38.5 Å². The van der Waals surface area contributed by atoms with Gasteiger partial charge in [-0.25, -0.2) is 0 Å². The molecule has 0 aliphatic carbocycles. The van der Waals surface area contributed by atoms with E-state index in [1.54, 1.807) is 0 Å². The Morgan fingerprint density at radius 3 is 2.32 bits per heavy atom. The number of carbonyl (C=O) groups excluding carboxylic acids is 1. The van der Waals surface area contributed by atoms with Gasteiger partial charge in [0.2, 0.25) is 0 Å². The van der Waals surface area contributed by atoms with Gasteiger partial charge in [0.1, 0.15) is 0 Å². The number of rotatable bonds is 8. The maximum absolute atomic E-state index is 13.1. The molecule has 0 saturated carbocycles. The van der Waals surface area contributed by atoms with E-state index in [4.69, 9.17) is 9.47 Å². The summed E-state index contributed by atoms with van der Waals surface area (Å²) in [7, 11) is 0. The van der Waals surface area contributed by atoms with E-state index < -0.39 is 5.79 Å². The van der Waals surface area contributed by atoms with Crippen LogP contribution in [0.3, 0.4) is 0 Å². The Morgan fingerprint density at radius 1 is 1.00 bits per heavy atom. The molecule has 1 aromatic carbocycles. The van der Waals surface area contributed by atoms with Crippen LogP contribution in [0.5, 0.6) is 0 Å². The van der Waals surface area contributed by atoms with Crippen LogP contribution in [0, 0.1) is 13.8 Å². The highest BCUT2D eigenvalue weighted by molar-refractivity contribution is 6.07. The van der Waals surface area contributed by atoms with Crippen molar-refractivity contribution < 1.29 is 14.3 Å². The number of hydrogen-bond donors (Lipinski definition) is 0. The fourth-order valence-corrected chi connectivity index (χ4v) is 4.10. The zero-order chi connectivity index (χ0) is 17.9. The number of anilines is 1. The maximum atomic E-state index is 13.1. The lowest BCUT2D eigenvalue weighted by Crippen LogP contribution is -2.41. The molecule has 1 spiro atoms. The molecule has 0 unspecified atom stereocenters. The summed E-state index contributed by atoms with van der Waals surface area (Å²) in [6.45, 7) is 8.07. The lowest BCUT2D eigenvalue weighted by atomic mass is 10.0. The molecule has 1 saturated heterocycles. The van der Waals surface area contributed by atoms with Crippen molar-refractivity contribution in [2.75, 3.05) is 24.7 Å². The van der Waals surface area contributed by atoms with Gasteiger partial charge in [0.15, 0.2) is 0 Å². The molecule has 0 N–H and O–H groups in total. The van der Waals surface area contributed by atoms with Gasteiger partial charge in [0, 0.05) is 12.1 Å². The van der Waals surface area contributed by atoms with Gasteiger partial charge in [-0.15, -0.1) is 0 Å². The van der Waals surface area contributed by atoms with Crippen molar-refractivity contribution in [1.82, 2.24) is 0 Å². The van der Waals surface area contributed by atoms with E-state index in [1.807, 2.05) is 4.90 Å². The van der Waals surface area contributed by atoms with E-state index >= 15 is 0 Å². The summed E-state index contributed by atoms with van der Waals surface area (Å²) in [5, 5.41) is 0. The summed E-state index contributed by atoms with van der Waals surface area (Å²) >= 11 is 0. The number of hydrogen-bond acceptors (Lipinski definition) is 3. The van der Waals surface area contributed by atoms with Crippen LogP contribution in [0.1, 0.15) is 68.6 Å². The Bertz CT molecular complexity index is 620. The molecule has 2 aliphatic rings.